The van der Waals surface area contributed by atoms with Crippen molar-refractivity contribution in [1.82, 2.24) is 15.1 Å². The first kappa shape index (κ1) is 21.9. The number of para-hydroxylation sites is 1. The number of hydrogen-bond donors (Lipinski definition) is 1. The van der Waals surface area contributed by atoms with Crippen LogP contribution < -0.4 is 10.1 Å². The maximum absolute atomic E-state index is 12.7. The predicted molar refractivity (Wildman–Crippen MR) is 130 cm³/mol. The highest BCUT2D eigenvalue weighted by Gasteiger charge is 2.25. The zero-order chi connectivity index (χ0) is 23.2. The van der Waals surface area contributed by atoms with Gasteiger partial charge in [0.2, 0.25) is 5.91 Å². The van der Waals surface area contributed by atoms with Gasteiger partial charge in [-0.05, 0) is 47.4 Å². The van der Waals surface area contributed by atoms with Crippen molar-refractivity contribution in [2.45, 2.75) is 25.5 Å². The number of rotatable bonds is 8. The Labute approximate surface area is 199 Å². The molecule has 6 heteroatoms. The summed E-state index contributed by atoms with van der Waals surface area (Å²) >= 11 is 0. The molecule has 0 radical (unpaired) electrons. The number of fused-ring (bicyclic) bond motifs is 1. The minimum Gasteiger partial charge on any atom is -0.457 e. The molecule has 1 atom stereocenters. The number of hydrogen-bond acceptors (Lipinski definition) is 4. The third-order valence-corrected chi connectivity index (χ3v) is 5.78. The van der Waals surface area contributed by atoms with Crippen LogP contribution in [0.4, 0.5) is 0 Å². The quantitative estimate of drug-likeness (QED) is 0.420. The number of carbonyl (C=O) groups excluding carboxylic acids is 1. The van der Waals surface area contributed by atoms with Crippen molar-refractivity contribution in [2.24, 2.45) is 0 Å². The minimum atomic E-state index is -0.238. The summed E-state index contributed by atoms with van der Waals surface area (Å²) in [7, 11) is 0. The second kappa shape index (κ2) is 10.4. The SMILES string of the molecule is O=C(Cc1cccc(Oc2ccccc2)c1)NC[C@H]1OCCc2cn(Cc3ccccc3)nc21. The summed E-state index contributed by atoms with van der Waals surface area (Å²) in [6.07, 6.45) is 2.96. The van der Waals surface area contributed by atoms with Crippen molar-refractivity contribution >= 4 is 5.91 Å². The maximum Gasteiger partial charge on any atom is 0.224 e. The summed E-state index contributed by atoms with van der Waals surface area (Å²) in [5, 5.41) is 7.78. The van der Waals surface area contributed by atoms with Gasteiger partial charge in [-0.1, -0.05) is 60.7 Å². The normalized spacial score (nSPS) is 14.9. The molecule has 1 N–H and O–H groups in total. The van der Waals surface area contributed by atoms with E-state index in [0.717, 1.165) is 23.4 Å². The van der Waals surface area contributed by atoms with Crippen molar-refractivity contribution in [3.63, 3.8) is 0 Å². The largest absolute Gasteiger partial charge is 0.457 e. The first-order valence-corrected chi connectivity index (χ1v) is 11.5. The van der Waals surface area contributed by atoms with E-state index in [1.54, 1.807) is 0 Å². The smallest absolute Gasteiger partial charge is 0.224 e. The number of benzene rings is 3. The molecule has 1 amide bonds. The maximum atomic E-state index is 12.7. The monoisotopic (exact) mass is 453 g/mol. The Bertz CT molecular complexity index is 1240. The van der Waals surface area contributed by atoms with Crippen LogP contribution in [0, 0.1) is 0 Å². The second-order valence-electron chi connectivity index (χ2n) is 8.38. The molecule has 0 aliphatic carbocycles. The van der Waals surface area contributed by atoms with Gasteiger partial charge in [-0.15, -0.1) is 0 Å². The molecule has 5 rings (SSSR count). The van der Waals surface area contributed by atoms with Gasteiger partial charge < -0.3 is 14.8 Å². The molecule has 34 heavy (non-hydrogen) atoms. The van der Waals surface area contributed by atoms with Crippen LogP contribution in [0.2, 0.25) is 0 Å². The van der Waals surface area contributed by atoms with Gasteiger partial charge >= 0.3 is 0 Å². The fourth-order valence-electron chi connectivity index (χ4n) is 4.14. The molecule has 0 spiro atoms. The first-order valence-electron chi connectivity index (χ1n) is 11.5. The number of amides is 1. The molecule has 3 aromatic carbocycles. The van der Waals surface area contributed by atoms with E-state index in [1.807, 2.05) is 77.5 Å². The van der Waals surface area contributed by atoms with Crippen molar-refractivity contribution in [2.75, 3.05) is 13.2 Å². The predicted octanol–water partition coefficient (Wildman–Crippen LogP) is 4.70. The number of ether oxygens (including phenoxy) is 2. The van der Waals surface area contributed by atoms with Gasteiger partial charge in [0.1, 0.15) is 17.6 Å². The topological polar surface area (TPSA) is 65.4 Å². The molecule has 0 saturated heterocycles. The summed E-state index contributed by atoms with van der Waals surface area (Å²) in [5.74, 6) is 1.41. The van der Waals surface area contributed by atoms with Gasteiger partial charge in [0.05, 0.1) is 25.3 Å². The Balaban J connectivity index is 1.18. The van der Waals surface area contributed by atoms with Crippen LogP contribution in [0.1, 0.15) is 28.5 Å². The molecule has 0 bridgehead atoms. The van der Waals surface area contributed by atoms with Gasteiger partial charge in [0.15, 0.2) is 0 Å². The second-order valence-corrected chi connectivity index (χ2v) is 8.38. The third-order valence-electron chi connectivity index (χ3n) is 5.78. The van der Waals surface area contributed by atoms with E-state index >= 15 is 0 Å². The molecule has 172 valence electrons. The number of nitrogens with zero attached hydrogens (tertiary/aromatic N) is 2. The van der Waals surface area contributed by atoms with Crippen molar-refractivity contribution in [3.8, 4) is 11.5 Å². The third kappa shape index (κ3) is 5.53. The average molecular weight is 454 g/mol. The molecule has 1 aliphatic rings. The fourth-order valence-corrected chi connectivity index (χ4v) is 4.14. The fraction of sp³-hybridized carbons (Fsp3) is 0.214. The number of nitrogens with one attached hydrogen (secondary N) is 1. The minimum absolute atomic E-state index is 0.0590. The van der Waals surface area contributed by atoms with Crippen LogP contribution in [0.3, 0.4) is 0 Å². The first-order chi connectivity index (χ1) is 16.7. The van der Waals surface area contributed by atoms with Crippen LogP contribution in [-0.2, 0) is 28.9 Å². The van der Waals surface area contributed by atoms with E-state index in [0.29, 0.717) is 25.4 Å². The zero-order valence-electron chi connectivity index (χ0n) is 18.9. The molecule has 1 aromatic heterocycles. The van der Waals surface area contributed by atoms with Crippen LogP contribution in [0.5, 0.6) is 11.5 Å². The summed E-state index contributed by atoms with van der Waals surface area (Å²) in [6.45, 7) is 1.74. The molecular weight excluding hydrogens is 426 g/mol. The van der Waals surface area contributed by atoms with Crippen molar-refractivity contribution in [3.05, 3.63) is 114 Å². The number of carbonyl (C=O) groups is 1. The van der Waals surface area contributed by atoms with Crippen LogP contribution >= 0.6 is 0 Å². The molecule has 0 unspecified atom stereocenters. The van der Waals surface area contributed by atoms with E-state index < -0.39 is 0 Å². The molecule has 4 aromatic rings. The Hall–Kier alpha value is -3.90. The Morgan fingerprint density at radius 3 is 2.53 bits per heavy atom. The summed E-state index contributed by atoms with van der Waals surface area (Å²) in [5.41, 5.74) is 4.20. The van der Waals surface area contributed by atoms with Gasteiger partial charge in [-0.3, -0.25) is 9.48 Å². The van der Waals surface area contributed by atoms with Crippen LogP contribution in [-0.4, -0.2) is 28.8 Å². The summed E-state index contributed by atoms with van der Waals surface area (Å²) < 4.78 is 13.8. The lowest BCUT2D eigenvalue weighted by Gasteiger charge is -2.22. The molecular formula is C28H27N3O3. The number of aromatic nitrogens is 2. The van der Waals surface area contributed by atoms with Gasteiger partial charge in [0.25, 0.3) is 0 Å². The zero-order valence-corrected chi connectivity index (χ0v) is 18.9. The standard InChI is InChI=1S/C28H27N3O3/c32-27(17-22-10-7-13-25(16-22)34-24-11-5-2-6-12-24)29-18-26-28-23(14-15-33-26)20-31(30-28)19-21-8-3-1-4-9-21/h1-13,16,20,26H,14-15,17-19H2,(H,29,32)/t26-/m1/s1. The van der Waals surface area contributed by atoms with Gasteiger partial charge in [-0.25, -0.2) is 0 Å². The van der Waals surface area contributed by atoms with E-state index in [1.165, 1.54) is 11.1 Å². The summed E-state index contributed by atoms with van der Waals surface area (Å²) in [4.78, 5) is 12.7. The van der Waals surface area contributed by atoms with Gasteiger partial charge in [-0.2, -0.15) is 5.10 Å². The van der Waals surface area contributed by atoms with Gasteiger partial charge in [0, 0.05) is 12.7 Å². The highest BCUT2D eigenvalue weighted by atomic mass is 16.5. The van der Waals surface area contributed by atoms with E-state index in [4.69, 9.17) is 14.6 Å². The van der Waals surface area contributed by atoms with E-state index in [-0.39, 0.29) is 18.4 Å². The Morgan fingerprint density at radius 1 is 0.971 bits per heavy atom. The lowest BCUT2D eigenvalue weighted by Crippen LogP contribution is -2.32. The van der Waals surface area contributed by atoms with E-state index in [2.05, 4.69) is 23.6 Å². The van der Waals surface area contributed by atoms with E-state index in [9.17, 15) is 4.79 Å². The molecule has 1 aliphatic heterocycles. The molecule has 0 fully saturated rings. The lowest BCUT2D eigenvalue weighted by atomic mass is 10.1. The summed E-state index contributed by atoms with van der Waals surface area (Å²) in [6, 6.07) is 27.5. The Morgan fingerprint density at radius 2 is 1.71 bits per heavy atom. The molecule has 0 saturated carbocycles. The highest BCUT2D eigenvalue weighted by Crippen LogP contribution is 2.26. The van der Waals surface area contributed by atoms with Crippen molar-refractivity contribution < 1.29 is 14.3 Å². The molecule has 2 heterocycles. The van der Waals surface area contributed by atoms with Crippen LogP contribution in [0.25, 0.3) is 0 Å². The highest BCUT2D eigenvalue weighted by molar-refractivity contribution is 5.78. The van der Waals surface area contributed by atoms with Crippen LogP contribution in [0.15, 0.2) is 91.1 Å². The average Bonchev–Trinajstić information content (AvgIpc) is 3.27. The Kier molecular flexibility index (Phi) is 6.68. The lowest BCUT2D eigenvalue weighted by molar-refractivity contribution is -0.121. The molecule has 6 nitrogen and oxygen atoms in total. The van der Waals surface area contributed by atoms with Crippen molar-refractivity contribution in [1.29, 1.82) is 0 Å².